The van der Waals surface area contributed by atoms with Crippen LogP contribution in [-0.4, -0.2) is 19.2 Å². The van der Waals surface area contributed by atoms with Crippen molar-refractivity contribution in [3.63, 3.8) is 0 Å². The van der Waals surface area contributed by atoms with Crippen LogP contribution >= 0.6 is 15.9 Å². The van der Waals surface area contributed by atoms with Gasteiger partial charge < -0.3 is 10.0 Å². The molecular weight excluding hydrogens is 230 g/mol. The zero-order valence-electron chi connectivity index (χ0n) is 8.08. The number of nitrogens with zero attached hydrogens (tertiary/aromatic N) is 1. The number of hydrogen-bond acceptors (Lipinski definition) is 2. The minimum Gasteiger partial charge on any atom is -0.389 e. The average molecular weight is 244 g/mol. The monoisotopic (exact) mass is 243 g/mol. The molecule has 1 atom stereocenters. The van der Waals surface area contributed by atoms with E-state index in [1.165, 1.54) is 0 Å². The van der Waals surface area contributed by atoms with E-state index in [2.05, 4.69) is 15.9 Å². The number of hydrogen-bond donors (Lipinski definition) is 1. The summed E-state index contributed by atoms with van der Waals surface area (Å²) in [6, 6.07) is 5.95. The fourth-order valence-corrected chi connectivity index (χ4v) is 1.71. The van der Waals surface area contributed by atoms with E-state index in [1.54, 1.807) is 6.92 Å². The van der Waals surface area contributed by atoms with Gasteiger partial charge in [0.1, 0.15) is 0 Å². The lowest BCUT2D eigenvalue weighted by molar-refractivity contribution is 0.198. The van der Waals surface area contributed by atoms with Gasteiger partial charge >= 0.3 is 0 Å². The molecule has 1 N–H and O–H groups in total. The van der Waals surface area contributed by atoms with Crippen LogP contribution in [0.2, 0.25) is 0 Å². The molecule has 0 aliphatic rings. The molecule has 72 valence electrons. The summed E-state index contributed by atoms with van der Waals surface area (Å²) in [5.41, 5.74) is 2.02. The predicted molar refractivity (Wildman–Crippen MR) is 59.1 cm³/mol. The van der Waals surface area contributed by atoms with Gasteiger partial charge in [-0.3, -0.25) is 0 Å². The Morgan fingerprint density at radius 2 is 2.00 bits per heavy atom. The van der Waals surface area contributed by atoms with E-state index in [9.17, 15) is 5.11 Å². The van der Waals surface area contributed by atoms with E-state index in [-0.39, 0.29) is 0 Å². The highest BCUT2D eigenvalue weighted by Crippen LogP contribution is 2.27. The number of halogens is 1. The highest BCUT2D eigenvalue weighted by Gasteiger charge is 2.07. The van der Waals surface area contributed by atoms with Crippen molar-refractivity contribution in [1.82, 2.24) is 0 Å². The topological polar surface area (TPSA) is 23.5 Å². The van der Waals surface area contributed by atoms with Gasteiger partial charge in [-0.05, 0) is 30.7 Å². The third-order valence-corrected chi connectivity index (χ3v) is 2.67. The molecule has 13 heavy (non-hydrogen) atoms. The molecule has 0 saturated heterocycles. The van der Waals surface area contributed by atoms with Crippen LogP contribution in [0.25, 0.3) is 0 Å². The van der Waals surface area contributed by atoms with Crippen LogP contribution in [0.4, 0.5) is 5.69 Å². The molecule has 0 aliphatic heterocycles. The van der Waals surface area contributed by atoms with E-state index >= 15 is 0 Å². The molecule has 0 aromatic heterocycles. The van der Waals surface area contributed by atoms with Crippen molar-refractivity contribution < 1.29 is 5.11 Å². The Morgan fingerprint density at radius 3 is 2.46 bits per heavy atom. The average Bonchev–Trinajstić information content (AvgIpc) is 2.04. The van der Waals surface area contributed by atoms with Gasteiger partial charge in [0, 0.05) is 24.3 Å². The Kier molecular flexibility index (Phi) is 3.33. The van der Waals surface area contributed by atoms with Crippen LogP contribution in [-0.2, 0) is 0 Å². The van der Waals surface area contributed by atoms with Gasteiger partial charge in [-0.2, -0.15) is 0 Å². The standard InChI is InChI=1S/C10H14BrNO/c1-7(13)9-6-8(12(2)3)4-5-10(9)11/h4-7,13H,1-3H3. The molecule has 1 aromatic rings. The summed E-state index contributed by atoms with van der Waals surface area (Å²) in [6.45, 7) is 1.76. The lowest BCUT2D eigenvalue weighted by Gasteiger charge is -2.15. The van der Waals surface area contributed by atoms with Gasteiger partial charge in [0.25, 0.3) is 0 Å². The molecule has 1 unspecified atom stereocenters. The van der Waals surface area contributed by atoms with Gasteiger partial charge in [0.2, 0.25) is 0 Å². The highest BCUT2D eigenvalue weighted by atomic mass is 79.9. The zero-order valence-corrected chi connectivity index (χ0v) is 9.67. The summed E-state index contributed by atoms with van der Waals surface area (Å²) < 4.78 is 0.952. The lowest BCUT2D eigenvalue weighted by Crippen LogP contribution is -2.09. The van der Waals surface area contributed by atoms with Gasteiger partial charge in [0.05, 0.1) is 6.10 Å². The van der Waals surface area contributed by atoms with Gasteiger partial charge in [0.15, 0.2) is 0 Å². The second-order valence-corrected chi connectivity index (χ2v) is 4.13. The largest absolute Gasteiger partial charge is 0.389 e. The van der Waals surface area contributed by atoms with Gasteiger partial charge in [-0.25, -0.2) is 0 Å². The van der Waals surface area contributed by atoms with Crippen molar-refractivity contribution in [2.75, 3.05) is 19.0 Å². The first-order valence-corrected chi connectivity index (χ1v) is 4.96. The van der Waals surface area contributed by atoms with Crippen LogP contribution in [0.1, 0.15) is 18.6 Å². The van der Waals surface area contributed by atoms with Crippen LogP contribution in [0, 0.1) is 0 Å². The maximum Gasteiger partial charge on any atom is 0.0773 e. The van der Waals surface area contributed by atoms with E-state index < -0.39 is 6.10 Å². The minimum atomic E-state index is -0.436. The van der Waals surface area contributed by atoms with Crippen molar-refractivity contribution in [3.8, 4) is 0 Å². The molecule has 0 heterocycles. The summed E-state index contributed by atoms with van der Waals surface area (Å²) in [7, 11) is 3.96. The highest BCUT2D eigenvalue weighted by molar-refractivity contribution is 9.10. The molecule has 1 rings (SSSR count). The molecule has 0 radical (unpaired) electrons. The summed E-state index contributed by atoms with van der Waals surface area (Å²) in [6.07, 6.45) is -0.436. The maximum absolute atomic E-state index is 9.46. The first-order valence-electron chi connectivity index (χ1n) is 4.17. The number of benzene rings is 1. The maximum atomic E-state index is 9.46. The van der Waals surface area contributed by atoms with Crippen LogP contribution in [0.5, 0.6) is 0 Å². The molecule has 1 aromatic carbocycles. The Balaban J connectivity index is 3.11. The molecule has 0 saturated carbocycles. The van der Waals surface area contributed by atoms with E-state index in [0.29, 0.717) is 0 Å². The lowest BCUT2D eigenvalue weighted by atomic mass is 10.1. The normalized spacial score (nSPS) is 12.7. The molecule has 3 heteroatoms. The Labute approximate surface area is 87.3 Å². The number of rotatable bonds is 2. The van der Waals surface area contributed by atoms with Crippen molar-refractivity contribution in [2.45, 2.75) is 13.0 Å². The van der Waals surface area contributed by atoms with E-state index in [1.807, 2.05) is 37.2 Å². The molecule has 0 spiro atoms. The van der Waals surface area contributed by atoms with Crippen molar-refractivity contribution in [1.29, 1.82) is 0 Å². The molecule has 2 nitrogen and oxygen atoms in total. The molecule has 0 aliphatic carbocycles. The number of aliphatic hydroxyl groups is 1. The molecule has 0 amide bonds. The third kappa shape index (κ3) is 2.45. The first-order chi connectivity index (χ1) is 6.02. The summed E-state index contributed by atoms with van der Waals surface area (Å²) in [4.78, 5) is 2.01. The third-order valence-electron chi connectivity index (χ3n) is 1.95. The number of anilines is 1. The van der Waals surface area contributed by atoms with Crippen LogP contribution in [0.15, 0.2) is 22.7 Å². The van der Waals surface area contributed by atoms with Gasteiger partial charge in [-0.15, -0.1) is 0 Å². The van der Waals surface area contributed by atoms with E-state index in [0.717, 1.165) is 15.7 Å². The fourth-order valence-electron chi connectivity index (χ4n) is 1.13. The van der Waals surface area contributed by atoms with E-state index in [4.69, 9.17) is 0 Å². The second kappa shape index (κ2) is 4.11. The first kappa shape index (κ1) is 10.5. The smallest absolute Gasteiger partial charge is 0.0773 e. The summed E-state index contributed by atoms with van der Waals surface area (Å²) in [5, 5.41) is 9.46. The quantitative estimate of drug-likeness (QED) is 0.864. The minimum absolute atomic E-state index is 0.436. The molecule has 0 fully saturated rings. The zero-order chi connectivity index (χ0) is 10.0. The predicted octanol–water partition coefficient (Wildman–Crippen LogP) is 2.57. The Morgan fingerprint density at radius 1 is 1.38 bits per heavy atom. The van der Waals surface area contributed by atoms with Gasteiger partial charge in [-0.1, -0.05) is 15.9 Å². The molecule has 0 bridgehead atoms. The van der Waals surface area contributed by atoms with Crippen LogP contribution in [0.3, 0.4) is 0 Å². The Bertz CT molecular complexity index is 297. The summed E-state index contributed by atoms with van der Waals surface area (Å²) in [5.74, 6) is 0. The van der Waals surface area contributed by atoms with Crippen LogP contribution < -0.4 is 4.90 Å². The van der Waals surface area contributed by atoms with Crippen molar-refractivity contribution >= 4 is 21.6 Å². The van der Waals surface area contributed by atoms with Crippen molar-refractivity contribution in [3.05, 3.63) is 28.2 Å². The number of aliphatic hydroxyl groups excluding tert-OH is 1. The fraction of sp³-hybridized carbons (Fsp3) is 0.400. The molecular formula is C10H14BrNO. The Hall–Kier alpha value is -0.540. The SMILES string of the molecule is CC(O)c1cc(N(C)C)ccc1Br. The summed E-state index contributed by atoms with van der Waals surface area (Å²) >= 11 is 3.40. The van der Waals surface area contributed by atoms with Crippen molar-refractivity contribution in [2.24, 2.45) is 0 Å². The second-order valence-electron chi connectivity index (χ2n) is 3.28.